The molecule has 0 amide bonds. The normalized spacial score (nSPS) is 10.5. The van der Waals surface area contributed by atoms with Gasteiger partial charge in [-0.15, -0.1) is 11.8 Å². The van der Waals surface area contributed by atoms with E-state index in [1.807, 2.05) is 25.1 Å². The van der Waals surface area contributed by atoms with E-state index in [1.54, 1.807) is 11.8 Å². The van der Waals surface area contributed by atoms with Crippen molar-refractivity contribution in [2.45, 2.75) is 17.6 Å². The molecule has 0 unspecified atom stereocenters. The highest BCUT2D eigenvalue weighted by Gasteiger charge is 2.03. The molecule has 15 heavy (non-hydrogen) atoms. The summed E-state index contributed by atoms with van der Waals surface area (Å²) in [4.78, 5) is 4.99. The summed E-state index contributed by atoms with van der Waals surface area (Å²) in [5.74, 6) is 1.35. The quantitative estimate of drug-likeness (QED) is 0.636. The molecule has 0 atom stereocenters. The van der Waals surface area contributed by atoms with Gasteiger partial charge in [0.15, 0.2) is 5.82 Å². The van der Waals surface area contributed by atoms with Crippen LogP contribution in [-0.4, -0.2) is 10.1 Å². The van der Waals surface area contributed by atoms with Gasteiger partial charge in [0.05, 0.1) is 5.75 Å². The first-order valence-corrected chi connectivity index (χ1v) is 5.48. The highest BCUT2D eigenvalue weighted by Crippen LogP contribution is 2.27. The number of hydrogen-bond acceptors (Lipinski definition) is 5. The number of nitrogens with two attached hydrogens (primary N) is 1. The second kappa shape index (κ2) is 4.35. The van der Waals surface area contributed by atoms with Gasteiger partial charge in [-0.25, -0.2) is 0 Å². The lowest BCUT2D eigenvalue weighted by molar-refractivity contribution is 0.412. The van der Waals surface area contributed by atoms with Crippen molar-refractivity contribution in [2.24, 2.45) is 0 Å². The van der Waals surface area contributed by atoms with Gasteiger partial charge in [-0.05, 0) is 24.6 Å². The summed E-state index contributed by atoms with van der Waals surface area (Å²) < 4.78 is 4.65. The second-order valence-corrected chi connectivity index (χ2v) is 4.19. The molecular weight excluding hydrogens is 210 g/mol. The Morgan fingerprint density at radius 1 is 1.47 bits per heavy atom. The summed E-state index contributed by atoms with van der Waals surface area (Å²) in [5, 5.41) is 3.73. The number of rotatable bonds is 3. The third-order valence-corrected chi connectivity index (χ3v) is 3.01. The lowest BCUT2D eigenvalue weighted by Gasteiger charge is -2.04. The number of nitrogens with zero attached hydrogens (tertiary/aromatic N) is 2. The van der Waals surface area contributed by atoms with E-state index in [0.29, 0.717) is 11.6 Å². The van der Waals surface area contributed by atoms with E-state index in [9.17, 15) is 0 Å². The molecule has 2 aromatic rings. The number of nitrogen functional groups attached to an aromatic ring is 1. The summed E-state index contributed by atoms with van der Waals surface area (Å²) in [6.07, 6.45) is 1.33. The van der Waals surface area contributed by atoms with Crippen LogP contribution in [0.15, 0.2) is 34.0 Å². The van der Waals surface area contributed by atoms with Crippen molar-refractivity contribution in [2.75, 3.05) is 5.73 Å². The summed E-state index contributed by atoms with van der Waals surface area (Å²) in [7, 11) is 0. The van der Waals surface area contributed by atoms with Crippen molar-refractivity contribution in [1.82, 2.24) is 10.1 Å². The van der Waals surface area contributed by atoms with E-state index in [0.717, 1.165) is 16.1 Å². The lowest BCUT2D eigenvalue weighted by atomic mass is 10.2. The number of benzene rings is 1. The molecule has 0 aliphatic rings. The Bertz CT molecular complexity index is 442. The molecule has 2 N–H and O–H groups in total. The summed E-state index contributed by atoms with van der Waals surface area (Å²) in [6, 6.07) is 6.00. The van der Waals surface area contributed by atoms with E-state index >= 15 is 0 Å². The first-order chi connectivity index (χ1) is 7.25. The number of anilines is 1. The van der Waals surface area contributed by atoms with Crippen molar-refractivity contribution in [1.29, 1.82) is 0 Å². The zero-order valence-corrected chi connectivity index (χ0v) is 9.12. The van der Waals surface area contributed by atoms with Crippen LogP contribution in [0.25, 0.3) is 0 Å². The maximum Gasteiger partial charge on any atom is 0.213 e. The van der Waals surface area contributed by atoms with Crippen LogP contribution < -0.4 is 5.73 Å². The minimum absolute atomic E-state index is 0.670. The molecular formula is C10H11N3OS. The van der Waals surface area contributed by atoms with Gasteiger partial charge in [0.2, 0.25) is 6.39 Å². The molecule has 2 rings (SSSR count). The Morgan fingerprint density at radius 3 is 3.00 bits per heavy atom. The van der Waals surface area contributed by atoms with Crippen LogP contribution in [-0.2, 0) is 5.75 Å². The molecule has 0 saturated carbocycles. The third kappa shape index (κ3) is 2.50. The fourth-order valence-corrected chi connectivity index (χ4v) is 2.00. The Kier molecular flexibility index (Phi) is 2.91. The third-order valence-electron chi connectivity index (χ3n) is 1.93. The first kappa shape index (κ1) is 10.0. The fourth-order valence-electron chi connectivity index (χ4n) is 1.20. The standard InChI is InChI=1S/C10H11N3OS/c1-7-2-3-9(8(11)4-7)15-5-10-12-6-14-13-10/h2-4,6H,5,11H2,1H3. The summed E-state index contributed by atoms with van der Waals surface area (Å²) in [6.45, 7) is 2.02. The average Bonchev–Trinajstić information content (AvgIpc) is 2.69. The molecule has 1 heterocycles. The van der Waals surface area contributed by atoms with Crippen molar-refractivity contribution in [3.05, 3.63) is 36.0 Å². The fraction of sp³-hybridized carbons (Fsp3) is 0.200. The van der Waals surface area contributed by atoms with Crippen LogP contribution in [0.3, 0.4) is 0 Å². The highest BCUT2D eigenvalue weighted by atomic mass is 32.2. The van der Waals surface area contributed by atoms with Gasteiger partial charge in [-0.1, -0.05) is 11.2 Å². The van der Waals surface area contributed by atoms with Gasteiger partial charge in [-0.3, -0.25) is 0 Å². The molecule has 0 fully saturated rings. The summed E-state index contributed by atoms with van der Waals surface area (Å²) >= 11 is 1.60. The minimum atomic E-state index is 0.670. The van der Waals surface area contributed by atoms with Crippen LogP contribution >= 0.6 is 11.8 Å². The van der Waals surface area contributed by atoms with Gasteiger partial charge < -0.3 is 10.3 Å². The monoisotopic (exact) mass is 221 g/mol. The van der Waals surface area contributed by atoms with Gasteiger partial charge >= 0.3 is 0 Å². The number of hydrogen-bond donors (Lipinski definition) is 1. The van der Waals surface area contributed by atoms with E-state index in [1.165, 1.54) is 6.39 Å². The lowest BCUT2D eigenvalue weighted by Crippen LogP contribution is -1.90. The maximum absolute atomic E-state index is 5.88. The minimum Gasteiger partial charge on any atom is -0.398 e. The van der Waals surface area contributed by atoms with Gasteiger partial charge in [0.1, 0.15) is 0 Å². The molecule has 1 aromatic heterocycles. The van der Waals surface area contributed by atoms with Gasteiger partial charge in [-0.2, -0.15) is 4.98 Å². The van der Waals surface area contributed by atoms with Crippen molar-refractivity contribution < 1.29 is 4.52 Å². The van der Waals surface area contributed by atoms with Gasteiger partial charge in [0.25, 0.3) is 0 Å². The van der Waals surface area contributed by atoms with Crippen molar-refractivity contribution in [3.8, 4) is 0 Å². The Morgan fingerprint density at radius 2 is 2.33 bits per heavy atom. The predicted octanol–water partition coefficient (Wildman–Crippen LogP) is 2.25. The molecule has 0 aliphatic heterocycles. The van der Waals surface area contributed by atoms with E-state index in [2.05, 4.69) is 14.7 Å². The van der Waals surface area contributed by atoms with E-state index in [-0.39, 0.29) is 0 Å². The number of aryl methyl sites for hydroxylation is 1. The molecule has 0 bridgehead atoms. The van der Waals surface area contributed by atoms with Crippen molar-refractivity contribution >= 4 is 17.4 Å². The van der Waals surface area contributed by atoms with Crippen LogP contribution in [0.1, 0.15) is 11.4 Å². The molecule has 0 radical (unpaired) electrons. The van der Waals surface area contributed by atoms with Crippen LogP contribution in [0.4, 0.5) is 5.69 Å². The van der Waals surface area contributed by atoms with Crippen LogP contribution in [0, 0.1) is 6.92 Å². The smallest absolute Gasteiger partial charge is 0.213 e. The second-order valence-electron chi connectivity index (χ2n) is 3.18. The Labute approximate surface area is 91.9 Å². The Hall–Kier alpha value is -1.49. The average molecular weight is 221 g/mol. The first-order valence-electron chi connectivity index (χ1n) is 4.50. The predicted molar refractivity (Wildman–Crippen MR) is 59.5 cm³/mol. The SMILES string of the molecule is Cc1ccc(SCc2ncon2)c(N)c1. The van der Waals surface area contributed by atoms with Crippen LogP contribution in [0.5, 0.6) is 0 Å². The van der Waals surface area contributed by atoms with Crippen molar-refractivity contribution in [3.63, 3.8) is 0 Å². The topological polar surface area (TPSA) is 64.9 Å². The molecule has 5 heteroatoms. The number of thioether (sulfide) groups is 1. The number of aromatic nitrogens is 2. The molecule has 0 aliphatic carbocycles. The Balaban J connectivity index is 2.05. The van der Waals surface area contributed by atoms with E-state index < -0.39 is 0 Å². The van der Waals surface area contributed by atoms with Crippen LogP contribution in [0.2, 0.25) is 0 Å². The molecule has 0 saturated heterocycles. The van der Waals surface area contributed by atoms with E-state index in [4.69, 9.17) is 5.73 Å². The zero-order chi connectivity index (χ0) is 10.7. The zero-order valence-electron chi connectivity index (χ0n) is 8.30. The largest absolute Gasteiger partial charge is 0.398 e. The van der Waals surface area contributed by atoms with Gasteiger partial charge in [0, 0.05) is 10.6 Å². The molecule has 0 spiro atoms. The highest BCUT2D eigenvalue weighted by molar-refractivity contribution is 7.98. The summed E-state index contributed by atoms with van der Waals surface area (Å²) in [5.41, 5.74) is 7.83. The molecule has 4 nitrogen and oxygen atoms in total. The molecule has 1 aromatic carbocycles. The molecule has 78 valence electrons. The maximum atomic E-state index is 5.88.